The van der Waals surface area contributed by atoms with Crippen molar-refractivity contribution in [2.45, 2.75) is 63.1 Å². The van der Waals surface area contributed by atoms with Crippen molar-refractivity contribution in [3.63, 3.8) is 0 Å². The zero-order valence-electron chi connectivity index (χ0n) is 12.8. The van der Waals surface area contributed by atoms with E-state index in [9.17, 15) is 10.2 Å². The lowest BCUT2D eigenvalue weighted by atomic mass is 9.53. The molecule has 1 fully saturated rings. The number of nitriles is 1. The van der Waals surface area contributed by atoms with Crippen molar-refractivity contribution in [1.82, 2.24) is 0 Å². The van der Waals surface area contributed by atoms with Crippen LogP contribution in [0.1, 0.15) is 56.2 Å². The van der Waals surface area contributed by atoms with Gasteiger partial charge in [-0.25, -0.2) is 0 Å². The Balaban J connectivity index is 2.09. The molecule has 2 aliphatic carbocycles. The summed E-state index contributed by atoms with van der Waals surface area (Å²) in [5.41, 5.74) is 2.22. The van der Waals surface area contributed by atoms with Gasteiger partial charge in [0.25, 0.3) is 0 Å². The highest BCUT2D eigenvalue weighted by atomic mass is 16.3. The van der Waals surface area contributed by atoms with Gasteiger partial charge in [-0.1, -0.05) is 13.0 Å². The van der Waals surface area contributed by atoms with Gasteiger partial charge in [0.1, 0.15) is 0 Å². The maximum atomic E-state index is 10.4. The highest BCUT2D eigenvalue weighted by molar-refractivity contribution is 5.45. The third-order valence-corrected chi connectivity index (χ3v) is 5.88. The first-order chi connectivity index (χ1) is 9.93. The molecule has 112 valence electrons. The van der Waals surface area contributed by atoms with Gasteiger partial charge < -0.3 is 10.2 Å². The van der Waals surface area contributed by atoms with Crippen molar-refractivity contribution in [3.05, 3.63) is 34.9 Å². The molecule has 4 atom stereocenters. The van der Waals surface area contributed by atoms with Crippen molar-refractivity contribution < 1.29 is 10.2 Å². The number of hydrogen-bond acceptors (Lipinski definition) is 3. The number of aryl methyl sites for hydroxylation is 1. The number of benzene rings is 1. The van der Waals surface area contributed by atoms with Gasteiger partial charge in [-0.15, -0.1) is 0 Å². The molecule has 0 aromatic heterocycles. The quantitative estimate of drug-likeness (QED) is 0.834. The summed E-state index contributed by atoms with van der Waals surface area (Å²) in [7, 11) is 0. The average Bonchev–Trinajstić information content (AvgIpc) is 2.47. The van der Waals surface area contributed by atoms with E-state index in [1.807, 2.05) is 12.1 Å². The number of hydrogen-bond donors (Lipinski definition) is 2. The molecule has 3 nitrogen and oxygen atoms in total. The van der Waals surface area contributed by atoms with Crippen molar-refractivity contribution >= 4 is 0 Å². The van der Waals surface area contributed by atoms with Crippen LogP contribution in [0.3, 0.4) is 0 Å². The van der Waals surface area contributed by atoms with Gasteiger partial charge in [0.2, 0.25) is 0 Å². The molecule has 21 heavy (non-hydrogen) atoms. The standard InChI is InChI=1S/C18H23NO2/c1-3-18-10-16(20)17(2,21)9-14(18)6-5-13-8-12(11-19)4-7-15(13)18/h4,7-8,14,16,20-21H,3,5-6,9-10H2,1-2H3/t14-,16+,17+,18-/m1/s1. The topological polar surface area (TPSA) is 64.2 Å². The number of rotatable bonds is 1. The molecule has 0 amide bonds. The number of nitrogens with zero attached hydrogens (tertiary/aromatic N) is 1. The Labute approximate surface area is 126 Å². The van der Waals surface area contributed by atoms with E-state index in [1.54, 1.807) is 6.92 Å². The summed E-state index contributed by atoms with van der Waals surface area (Å²) in [6.07, 6.45) is 3.53. The number of aliphatic hydroxyl groups excluding tert-OH is 1. The average molecular weight is 285 g/mol. The van der Waals surface area contributed by atoms with E-state index in [4.69, 9.17) is 5.26 Å². The van der Waals surface area contributed by atoms with Crippen molar-refractivity contribution in [3.8, 4) is 6.07 Å². The summed E-state index contributed by atoms with van der Waals surface area (Å²) in [5.74, 6) is 0.404. The second-order valence-electron chi connectivity index (χ2n) is 7.01. The lowest BCUT2D eigenvalue weighted by Crippen LogP contribution is -2.56. The SMILES string of the molecule is CC[C@@]12C[C@H](O)[C@@](C)(O)C[C@H]1CCc1cc(C#N)ccc12. The van der Waals surface area contributed by atoms with Crippen LogP contribution < -0.4 is 0 Å². The van der Waals surface area contributed by atoms with E-state index in [-0.39, 0.29) is 5.41 Å². The number of fused-ring (bicyclic) bond motifs is 3. The lowest BCUT2D eigenvalue weighted by Gasteiger charge is -2.54. The van der Waals surface area contributed by atoms with Crippen LogP contribution in [0, 0.1) is 17.2 Å². The Morgan fingerprint density at radius 1 is 1.38 bits per heavy atom. The summed E-state index contributed by atoms with van der Waals surface area (Å²) >= 11 is 0. The molecule has 0 aliphatic heterocycles. The molecule has 0 heterocycles. The first-order valence-corrected chi connectivity index (χ1v) is 7.87. The third-order valence-electron chi connectivity index (χ3n) is 5.88. The fourth-order valence-corrected chi connectivity index (χ4v) is 4.58. The molecule has 0 spiro atoms. The summed E-state index contributed by atoms with van der Waals surface area (Å²) in [5, 5.41) is 29.9. The molecule has 1 saturated carbocycles. The molecule has 2 aliphatic rings. The highest BCUT2D eigenvalue weighted by Gasteiger charge is 2.53. The van der Waals surface area contributed by atoms with Crippen molar-refractivity contribution in [2.24, 2.45) is 5.92 Å². The van der Waals surface area contributed by atoms with Gasteiger partial charge in [0.15, 0.2) is 0 Å². The molecule has 1 aromatic carbocycles. The minimum absolute atomic E-state index is 0.0524. The van der Waals surface area contributed by atoms with Crippen LogP contribution in [0.2, 0.25) is 0 Å². The third kappa shape index (κ3) is 2.09. The molecule has 0 saturated heterocycles. The summed E-state index contributed by atoms with van der Waals surface area (Å²) in [6, 6.07) is 8.18. The van der Waals surface area contributed by atoms with Gasteiger partial charge in [0.05, 0.1) is 23.3 Å². The summed E-state index contributed by atoms with van der Waals surface area (Å²) in [4.78, 5) is 0. The van der Waals surface area contributed by atoms with Crippen LogP contribution in [0.15, 0.2) is 18.2 Å². The van der Waals surface area contributed by atoms with E-state index in [0.717, 1.165) is 19.3 Å². The first-order valence-electron chi connectivity index (χ1n) is 7.87. The molecule has 0 unspecified atom stereocenters. The lowest BCUT2D eigenvalue weighted by molar-refractivity contribution is -0.129. The Kier molecular flexibility index (Phi) is 3.35. The van der Waals surface area contributed by atoms with Crippen LogP contribution >= 0.6 is 0 Å². The fourth-order valence-electron chi connectivity index (χ4n) is 4.58. The van der Waals surface area contributed by atoms with Crippen LogP contribution in [0.5, 0.6) is 0 Å². The van der Waals surface area contributed by atoms with Gasteiger partial charge in [-0.3, -0.25) is 0 Å². The van der Waals surface area contributed by atoms with E-state index in [2.05, 4.69) is 19.1 Å². The normalized spacial score (nSPS) is 38.2. The van der Waals surface area contributed by atoms with E-state index in [0.29, 0.717) is 24.3 Å². The zero-order chi connectivity index (χ0) is 15.3. The Morgan fingerprint density at radius 3 is 2.81 bits per heavy atom. The second kappa shape index (κ2) is 4.83. The minimum atomic E-state index is -0.979. The molecule has 1 aromatic rings. The second-order valence-corrected chi connectivity index (χ2v) is 7.01. The fraction of sp³-hybridized carbons (Fsp3) is 0.611. The Hall–Kier alpha value is -1.37. The molecular weight excluding hydrogens is 262 g/mol. The van der Waals surface area contributed by atoms with Crippen molar-refractivity contribution in [1.29, 1.82) is 5.26 Å². The largest absolute Gasteiger partial charge is 0.390 e. The van der Waals surface area contributed by atoms with Gasteiger partial charge in [-0.05, 0) is 68.2 Å². The van der Waals surface area contributed by atoms with Crippen LogP contribution in [0.25, 0.3) is 0 Å². The van der Waals surface area contributed by atoms with Crippen LogP contribution in [-0.4, -0.2) is 21.9 Å². The molecule has 0 radical (unpaired) electrons. The van der Waals surface area contributed by atoms with Gasteiger partial charge >= 0.3 is 0 Å². The predicted molar refractivity (Wildman–Crippen MR) is 80.8 cm³/mol. The molecule has 3 heteroatoms. The first kappa shape index (κ1) is 14.6. The van der Waals surface area contributed by atoms with Gasteiger partial charge in [-0.2, -0.15) is 5.26 Å². The summed E-state index contributed by atoms with van der Waals surface area (Å²) in [6.45, 7) is 3.93. The predicted octanol–water partition coefficient (Wildman–Crippen LogP) is 2.67. The van der Waals surface area contributed by atoms with Gasteiger partial charge in [0, 0.05) is 5.41 Å². The maximum absolute atomic E-state index is 10.4. The molecule has 0 bridgehead atoms. The van der Waals surface area contributed by atoms with Crippen LogP contribution in [0.4, 0.5) is 0 Å². The molecule has 3 rings (SSSR count). The van der Waals surface area contributed by atoms with E-state index in [1.165, 1.54) is 11.1 Å². The maximum Gasteiger partial charge on any atom is 0.0991 e. The molecule has 2 N–H and O–H groups in total. The van der Waals surface area contributed by atoms with E-state index >= 15 is 0 Å². The Morgan fingerprint density at radius 2 is 2.14 bits per heavy atom. The molecular formula is C18H23NO2. The highest BCUT2D eigenvalue weighted by Crippen LogP contribution is 2.54. The van der Waals surface area contributed by atoms with E-state index < -0.39 is 11.7 Å². The Bertz CT molecular complexity index is 602. The number of aliphatic hydroxyl groups is 2. The minimum Gasteiger partial charge on any atom is -0.390 e. The summed E-state index contributed by atoms with van der Waals surface area (Å²) < 4.78 is 0. The zero-order valence-corrected chi connectivity index (χ0v) is 12.8. The monoisotopic (exact) mass is 285 g/mol. The van der Waals surface area contributed by atoms with Crippen molar-refractivity contribution in [2.75, 3.05) is 0 Å². The van der Waals surface area contributed by atoms with Crippen LogP contribution in [-0.2, 0) is 11.8 Å². The smallest absolute Gasteiger partial charge is 0.0991 e.